The van der Waals surface area contributed by atoms with Gasteiger partial charge in [-0.3, -0.25) is 0 Å². The van der Waals surface area contributed by atoms with Crippen molar-refractivity contribution < 1.29 is 4.74 Å². The molecule has 2 nitrogen and oxygen atoms in total. The first-order valence-corrected chi connectivity index (χ1v) is 2.38. The Labute approximate surface area is 44.1 Å². The third kappa shape index (κ3) is 5.47. The fourth-order valence-electron chi connectivity index (χ4n) is 0.420. The van der Waals surface area contributed by atoms with Crippen molar-refractivity contribution in [2.75, 3.05) is 7.05 Å². The van der Waals surface area contributed by atoms with Crippen molar-refractivity contribution >= 4 is 6.21 Å². The Morgan fingerprint density at radius 3 is 2.00 bits per heavy atom. The molecule has 0 aromatic rings. The smallest absolute Gasteiger partial charge is 0.153 e. The van der Waals surface area contributed by atoms with Crippen LogP contribution in [0.25, 0.3) is 0 Å². The molecule has 0 saturated heterocycles. The molecule has 0 spiro atoms. The highest BCUT2D eigenvalue weighted by Gasteiger charge is 1.87. The van der Waals surface area contributed by atoms with Crippen LogP contribution in [0.3, 0.4) is 0 Å². The molecule has 0 aromatic heterocycles. The van der Waals surface area contributed by atoms with Crippen molar-refractivity contribution in [3.63, 3.8) is 0 Å². The minimum Gasteiger partial charge on any atom is -0.624 e. The number of hydroxylamine groups is 1. The van der Waals surface area contributed by atoms with E-state index in [4.69, 9.17) is 0 Å². The van der Waals surface area contributed by atoms with Gasteiger partial charge in [-0.15, -0.1) is 0 Å². The summed E-state index contributed by atoms with van der Waals surface area (Å²) in [4.78, 5) is 0. The lowest BCUT2D eigenvalue weighted by atomic mass is 10.3. The Kier molecular flexibility index (Phi) is 2.41. The lowest BCUT2D eigenvalue weighted by Crippen LogP contribution is -2.01. The van der Waals surface area contributed by atoms with E-state index in [0.717, 1.165) is 4.74 Å². The van der Waals surface area contributed by atoms with Crippen LogP contribution in [0.4, 0.5) is 0 Å². The Bertz CT molecular complexity index is 72.1. The van der Waals surface area contributed by atoms with Crippen molar-refractivity contribution in [2.24, 2.45) is 5.92 Å². The molecule has 0 heterocycles. The molecule has 7 heavy (non-hydrogen) atoms. The Hall–Kier alpha value is -0.530. The van der Waals surface area contributed by atoms with Gasteiger partial charge in [0.15, 0.2) is 6.21 Å². The summed E-state index contributed by atoms with van der Waals surface area (Å²) in [5.41, 5.74) is 0. The van der Waals surface area contributed by atoms with Gasteiger partial charge in [-0.1, -0.05) is 13.8 Å². The molecular formula is C5H11NO. The highest BCUT2D eigenvalue weighted by Crippen LogP contribution is 1.81. The van der Waals surface area contributed by atoms with Crippen LogP contribution in [0, 0.1) is 11.1 Å². The normalized spacial score (nSPS) is 12.9. The second-order valence-electron chi connectivity index (χ2n) is 1.94. The van der Waals surface area contributed by atoms with Gasteiger partial charge >= 0.3 is 0 Å². The molecule has 0 atom stereocenters. The van der Waals surface area contributed by atoms with Gasteiger partial charge < -0.3 is 5.21 Å². The second kappa shape index (κ2) is 2.61. The van der Waals surface area contributed by atoms with E-state index in [1.165, 1.54) is 7.05 Å². The fraction of sp³-hybridized carbons (Fsp3) is 0.800. The molecule has 0 aliphatic carbocycles. The predicted octanol–water partition coefficient (Wildman–Crippen LogP) is 0.853. The first-order valence-electron chi connectivity index (χ1n) is 2.38. The van der Waals surface area contributed by atoms with Crippen LogP contribution in [0.5, 0.6) is 0 Å². The minimum atomic E-state index is 0.363. The van der Waals surface area contributed by atoms with E-state index in [1.54, 1.807) is 6.21 Å². The first-order chi connectivity index (χ1) is 3.13. The summed E-state index contributed by atoms with van der Waals surface area (Å²) in [6, 6.07) is 0. The summed E-state index contributed by atoms with van der Waals surface area (Å²) >= 11 is 0. The van der Waals surface area contributed by atoms with Gasteiger partial charge in [0.25, 0.3) is 0 Å². The van der Waals surface area contributed by atoms with Crippen LogP contribution < -0.4 is 0 Å². The van der Waals surface area contributed by atoms with Crippen LogP contribution in [-0.4, -0.2) is 18.0 Å². The van der Waals surface area contributed by atoms with Gasteiger partial charge in [0.1, 0.15) is 7.05 Å². The zero-order chi connectivity index (χ0) is 5.86. The molecule has 0 aromatic carbocycles. The van der Waals surface area contributed by atoms with E-state index >= 15 is 0 Å². The van der Waals surface area contributed by atoms with E-state index in [-0.39, 0.29) is 0 Å². The standard InChI is InChI=1S/C5H11NO/c1-5(2)4-6(3)7/h4-5H,1-3H3/b6-4-. The zero-order valence-corrected chi connectivity index (χ0v) is 5.01. The number of hydrogen-bond acceptors (Lipinski definition) is 1. The summed E-state index contributed by atoms with van der Waals surface area (Å²) in [6.45, 7) is 3.93. The molecular weight excluding hydrogens is 90.1 g/mol. The molecule has 0 radical (unpaired) electrons. The van der Waals surface area contributed by atoms with Gasteiger partial charge in [0.05, 0.1) is 0 Å². The lowest BCUT2D eigenvalue weighted by Gasteiger charge is -1.95. The van der Waals surface area contributed by atoms with Gasteiger partial charge in [-0.05, 0) is 0 Å². The minimum absolute atomic E-state index is 0.363. The summed E-state index contributed by atoms with van der Waals surface area (Å²) in [5, 5.41) is 10.1. The summed E-state index contributed by atoms with van der Waals surface area (Å²) < 4.78 is 0.824. The molecule has 42 valence electrons. The SMILES string of the molecule is CC(C)/C=[N+](/C)[O-]. The van der Waals surface area contributed by atoms with Crippen molar-refractivity contribution in [3.8, 4) is 0 Å². The molecule has 0 aliphatic heterocycles. The third-order valence-corrected chi connectivity index (χ3v) is 0.508. The average Bonchev–Trinajstić information content (AvgIpc) is 1.27. The number of nitrogens with zero attached hydrogens (tertiary/aromatic N) is 1. The molecule has 0 fully saturated rings. The number of rotatable bonds is 1. The van der Waals surface area contributed by atoms with E-state index in [9.17, 15) is 5.21 Å². The summed E-state index contributed by atoms with van der Waals surface area (Å²) in [6.07, 6.45) is 1.61. The molecule has 0 amide bonds. The maximum atomic E-state index is 10.1. The first kappa shape index (κ1) is 6.47. The van der Waals surface area contributed by atoms with Crippen molar-refractivity contribution in [1.29, 1.82) is 0 Å². The molecule has 2 heteroatoms. The van der Waals surface area contributed by atoms with Crippen LogP contribution in [-0.2, 0) is 0 Å². The largest absolute Gasteiger partial charge is 0.624 e. The quantitative estimate of drug-likeness (QED) is 0.208. The van der Waals surface area contributed by atoms with Gasteiger partial charge in [-0.25, -0.2) is 4.74 Å². The van der Waals surface area contributed by atoms with Crippen LogP contribution in [0.2, 0.25) is 0 Å². The molecule has 0 N–H and O–H groups in total. The zero-order valence-electron chi connectivity index (χ0n) is 5.01. The topological polar surface area (TPSA) is 26.1 Å². The summed E-state index contributed by atoms with van der Waals surface area (Å²) in [7, 11) is 1.49. The highest BCUT2D eigenvalue weighted by molar-refractivity contribution is 5.53. The fourth-order valence-corrected chi connectivity index (χ4v) is 0.420. The lowest BCUT2D eigenvalue weighted by molar-refractivity contribution is -0.419. The molecule has 0 unspecified atom stereocenters. The molecule has 0 aliphatic rings. The average molecular weight is 101 g/mol. The van der Waals surface area contributed by atoms with Crippen molar-refractivity contribution in [2.45, 2.75) is 13.8 Å². The van der Waals surface area contributed by atoms with Crippen LogP contribution in [0.15, 0.2) is 0 Å². The van der Waals surface area contributed by atoms with E-state index in [0.29, 0.717) is 5.92 Å². The third-order valence-electron chi connectivity index (χ3n) is 0.508. The second-order valence-corrected chi connectivity index (χ2v) is 1.94. The molecule has 0 saturated carbocycles. The van der Waals surface area contributed by atoms with Gasteiger partial charge in [0.2, 0.25) is 0 Å². The monoisotopic (exact) mass is 101 g/mol. The molecule has 0 rings (SSSR count). The van der Waals surface area contributed by atoms with Crippen LogP contribution >= 0.6 is 0 Å². The maximum Gasteiger partial charge on any atom is 0.153 e. The summed E-state index contributed by atoms with van der Waals surface area (Å²) in [5.74, 6) is 0.363. The Morgan fingerprint density at radius 2 is 2.00 bits per heavy atom. The Balaban J connectivity index is 3.45. The molecule has 0 bridgehead atoms. The predicted molar refractivity (Wildman–Crippen MR) is 30.5 cm³/mol. The van der Waals surface area contributed by atoms with Gasteiger partial charge in [-0.2, -0.15) is 0 Å². The van der Waals surface area contributed by atoms with Crippen molar-refractivity contribution in [3.05, 3.63) is 5.21 Å². The van der Waals surface area contributed by atoms with E-state index < -0.39 is 0 Å². The van der Waals surface area contributed by atoms with E-state index in [2.05, 4.69) is 0 Å². The maximum absolute atomic E-state index is 10.1. The van der Waals surface area contributed by atoms with Crippen molar-refractivity contribution in [1.82, 2.24) is 0 Å². The van der Waals surface area contributed by atoms with E-state index in [1.807, 2.05) is 13.8 Å². The van der Waals surface area contributed by atoms with Crippen LogP contribution in [0.1, 0.15) is 13.8 Å². The number of hydrogen-bond donors (Lipinski definition) is 0. The Morgan fingerprint density at radius 1 is 1.57 bits per heavy atom. The highest BCUT2D eigenvalue weighted by atomic mass is 16.5. The van der Waals surface area contributed by atoms with Gasteiger partial charge in [0, 0.05) is 5.92 Å².